The summed E-state index contributed by atoms with van der Waals surface area (Å²) in [4.78, 5) is 27.1. The van der Waals surface area contributed by atoms with Gasteiger partial charge >= 0.3 is 12.1 Å². The highest BCUT2D eigenvalue weighted by Gasteiger charge is 2.25. The number of fused-ring (bicyclic) bond motifs is 1. The SMILES string of the molecule is COC(=O)c1sc2ccc(OC)cc2c1N(CNC(=O)OC(C)(C)C)CC(C)C. The Labute approximate surface area is 175 Å². The molecule has 1 heterocycles. The highest BCUT2D eigenvalue weighted by atomic mass is 32.1. The van der Waals surface area contributed by atoms with Gasteiger partial charge in [-0.1, -0.05) is 13.8 Å². The molecule has 2 rings (SSSR count). The lowest BCUT2D eigenvalue weighted by Gasteiger charge is -2.28. The quantitative estimate of drug-likeness (QED) is 0.517. The van der Waals surface area contributed by atoms with E-state index in [-0.39, 0.29) is 6.67 Å². The van der Waals surface area contributed by atoms with Gasteiger partial charge in [0.25, 0.3) is 0 Å². The Kier molecular flexibility index (Phi) is 7.35. The standard InChI is InChI=1S/C21H30N2O5S/c1-13(2)11-23(12-22-20(25)28-21(3,4)5)17-15-10-14(26-6)8-9-16(15)29-18(17)19(24)27-7/h8-10,13H,11-12H2,1-7H3,(H,22,25). The van der Waals surface area contributed by atoms with E-state index in [1.54, 1.807) is 7.11 Å². The summed E-state index contributed by atoms with van der Waals surface area (Å²) in [5.41, 5.74) is 0.132. The Morgan fingerprint density at radius 2 is 1.90 bits per heavy atom. The number of ether oxygens (including phenoxy) is 3. The second-order valence-corrected chi connectivity index (χ2v) is 9.14. The molecule has 0 bridgehead atoms. The van der Waals surface area contributed by atoms with Gasteiger partial charge in [0.15, 0.2) is 0 Å². The van der Waals surface area contributed by atoms with Crippen LogP contribution in [0.25, 0.3) is 10.1 Å². The minimum absolute atomic E-state index is 0.195. The number of methoxy groups -OCH3 is 2. The second-order valence-electron chi connectivity index (χ2n) is 8.09. The van der Waals surface area contributed by atoms with E-state index >= 15 is 0 Å². The lowest BCUT2D eigenvalue weighted by molar-refractivity contribution is 0.0527. The van der Waals surface area contributed by atoms with Crippen molar-refractivity contribution in [1.82, 2.24) is 5.32 Å². The minimum Gasteiger partial charge on any atom is -0.497 e. The van der Waals surface area contributed by atoms with Crippen LogP contribution >= 0.6 is 11.3 Å². The normalized spacial score (nSPS) is 11.4. The predicted octanol–water partition coefficient (Wildman–Crippen LogP) is 4.64. The Bertz CT molecular complexity index is 870. The van der Waals surface area contributed by atoms with Crippen molar-refractivity contribution in [2.75, 3.05) is 32.3 Å². The number of hydrogen-bond donors (Lipinski definition) is 1. The number of rotatable bonds is 7. The molecule has 0 radical (unpaired) electrons. The average Bonchev–Trinajstić information content (AvgIpc) is 3.01. The first-order chi connectivity index (χ1) is 13.6. The van der Waals surface area contributed by atoms with Gasteiger partial charge in [-0.25, -0.2) is 9.59 Å². The third-order valence-electron chi connectivity index (χ3n) is 3.95. The highest BCUT2D eigenvalue weighted by Crippen LogP contribution is 2.40. The molecule has 0 saturated carbocycles. The maximum Gasteiger partial charge on any atom is 0.409 e. The van der Waals surface area contributed by atoms with Gasteiger partial charge in [-0.15, -0.1) is 11.3 Å². The largest absolute Gasteiger partial charge is 0.497 e. The minimum atomic E-state index is -0.591. The molecule has 0 saturated heterocycles. The number of alkyl carbamates (subject to hydrolysis) is 1. The zero-order chi connectivity index (χ0) is 21.8. The van der Waals surface area contributed by atoms with Crippen LogP contribution < -0.4 is 15.0 Å². The summed E-state index contributed by atoms with van der Waals surface area (Å²) in [6.45, 7) is 10.4. The molecular formula is C21H30N2O5S. The van der Waals surface area contributed by atoms with E-state index in [9.17, 15) is 9.59 Å². The van der Waals surface area contributed by atoms with E-state index in [0.717, 1.165) is 15.8 Å². The van der Waals surface area contributed by atoms with E-state index in [4.69, 9.17) is 14.2 Å². The monoisotopic (exact) mass is 422 g/mol. The fraction of sp³-hybridized carbons (Fsp3) is 0.524. The molecule has 1 aromatic heterocycles. The number of esters is 1. The molecule has 0 aliphatic rings. The molecule has 0 fully saturated rings. The molecule has 2 aromatic rings. The lowest BCUT2D eigenvalue weighted by Crippen LogP contribution is -2.42. The number of thiophene rings is 1. The molecule has 8 heteroatoms. The van der Waals surface area contributed by atoms with Crippen molar-refractivity contribution < 1.29 is 23.8 Å². The highest BCUT2D eigenvalue weighted by molar-refractivity contribution is 7.21. The van der Waals surface area contributed by atoms with Crippen LogP contribution in [0.3, 0.4) is 0 Å². The first-order valence-electron chi connectivity index (χ1n) is 9.46. The second kappa shape index (κ2) is 9.35. The van der Waals surface area contributed by atoms with Gasteiger partial charge in [0.05, 0.1) is 26.6 Å². The summed E-state index contributed by atoms with van der Waals surface area (Å²) in [7, 11) is 2.97. The first kappa shape index (κ1) is 22.8. The van der Waals surface area contributed by atoms with Crippen molar-refractivity contribution >= 4 is 39.2 Å². The van der Waals surface area contributed by atoms with Crippen molar-refractivity contribution in [2.24, 2.45) is 5.92 Å². The van der Waals surface area contributed by atoms with Gasteiger partial charge in [-0.3, -0.25) is 0 Å². The Hall–Kier alpha value is -2.48. The van der Waals surface area contributed by atoms with Gasteiger partial charge in [0, 0.05) is 16.6 Å². The summed E-state index contributed by atoms with van der Waals surface area (Å²) in [6.07, 6.45) is -0.511. The van der Waals surface area contributed by atoms with Crippen LogP contribution in [-0.4, -0.2) is 45.1 Å². The number of amides is 1. The maximum absolute atomic E-state index is 12.5. The van der Waals surface area contributed by atoms with Crippen LogP contribution in [0.2, 0.25) is 0 Å². The molecule has 1 N–H and O–H groups in total. The van der Waals surface area contributed by atoms with E-state index in [1.807, 2.05) is 43.9 Å². The molecule has 160 valence electrons. The number of nitrogens with zero attached hydrogens (tertiary/aromatic N) is 1. The number of benzene rings is 1. The fourth-order valence-electron chi connectivity index (χ4n) is 2.89. The van der Waals surface area contributed by atoms with E-state index in [0.29, 0.717) is 23.1 Å². The number of carbonyl (C=O) groups excluding carboxylic acids is 2. The van der Waals surface area contributed by atoms with E-state index in [1.165, 1.54) is 18.4 Å². The molecule has 1 aromatic carbocycles. The third kappa shape index (κ3) is 6.00. The zero-order valence-corrected chi connectivity index (χ0v) is 18.9. The van der Waals surface area contributed by atoms with Crippen LogP contribution in [0.1, 0.15) is 44.3 Å². The topological polar surface area (TPSA) is 77.1 Å². The van der Waals surface area contributed by atoms with Crippen molar-refractivity contribution in [3.05, 3.63) is 23.1 Å². The molecule has 0 unspecified atom stereocenters. The van der Waals surface area contributed by atoms with Crippen molar-refractivity contribution in [2.45, 2.75) is 40.2 Å². The number of carbonyl (C=O) groups is 2. The molecule has 29 heavy (non-hydrogen) atoms. The fourth-order valence-corrected chi connectivity index (χ4v) is 4.01. The molecule has 0 aliphatic carbocycles. The van der Waals surface area contributed by atoms with Gasteiger partial charge < -0.3 is 24.4 Å². The molecule has 0 spiro atoms. The summed E-state index contributed by atoms with van der Waals surface area (Å²) >= 11 is 1.36. The Morgan fingerprint density at radius 1 is 1.21 bits per heavy atom. The summed E-state index contributed by atoms with van der Waals surface area (Å²) < 4.78 is 16.7. The van der Waals surface area contributed by atoms with Gasteiger partial charge in [0.2, 0.25) is 0 Å². The molecule has 0 atom stereocenters. The number of nitrogens with one attached hydrogen (secondary N) is 1. The summed E-state index contributed by atoms with van der Waals surface area (Å²) in [5.74, 6) is 0.574. The Balaban J connectivity index is 2.47. The van der Waals surface area contributed by atoms with Crippen LogP contribution in [0.15, 0.2) is 18.2 Å². The molecule has 7 nitrogen and oxygen atoms in total. The zero-order valence-electron chi connectivity index (χ0n) is 18.1. The number of hydrogen-bond acceptors (Lipinski definition) is 7. The molecule has 1 amide bonds. The van der Waals surface area contributed by atoms with E-state index in [2.05, 4.69) is 19.2 Å². The summed E-state index contributed by atoms with van der Waals surface area (Å²) in [5, 5.41) is 3.67. The first-order valence-corrected chi connectivity index (χ1v) is 10.3. The van der Waals surface area contributed by atoms with Gasteiger partial charge in [-0.2, -0.15) is 0 Å². The van der Waals surface area contributed by atoms with Crippen LogP contribution in [0, 0.1) is 5.92 Å². The van der Waals surface area contributed by atoms with Crippen molar-refractivity contribution in [3.63, 3.8) is 0 Å². The van der Waals surface area contributed by atoms with Crippen LogP contribution in [0.4, 0.5) is 10.5 Å². The summed E-state index contributed by atoms with van der Waals surface area (Å²) in [6, 6.07) is 5.67. The average molecular weight is 423 g/mol. The van der Waals surface area contributed by atoms with Gasteiger partial charge in [-0.05, 0) is 44.9 Å². The number of anilines is 1. The van der Waals surface area contributed by atoms with Crippen LogP contribution in [0.5, 0.6) is 5.75 Å². The van der Waals surface area contributed by atoms with Gasteiger partial charge in [0.1, 0.15) is 16.2 Å². The third-order valence-corrected chi connectivity index (χ3v) is 5.09. The Morgan fingerprint density at radius 3 is 2.45 bits per heavy atom. The predicted molar refractivity (Wildman–Crippen MR) is 116 cm³/mol. The molecule has 0 aliphatic heterocycles. The smallest absolute Gasteiger partial charge is 0.409 e. The molecular weight excluding hydrogens is 392 g/mol. The maximum atomic E-state index is 12.5. The lowest BCUT2D eigenvalue weighted by atomic mass is 10.1. The van der Waals surface area contributed by atoms with Crippen molar-refractivity contribution in [3.8, 4) is 5.75 Å². The van der Waals surface area contributed by atoms with Crippen LogP contribution in [-0.2, 0) is 9.47 Å². The van der Waals surface area contributed by atoms with Crippen molar-refractivity contribution in [1.29, 1.82) is 0 Å². The van der Waals surface area contributed by atoms with E-state index < -0.39 is 17.7 Å².